The van der Waals surface area contributed by atoms with Gasteiger partial charge >= 0.3 is 0 Å². The van der Waals surface area contributed by atoms with Crippen molar-refractivity contribution in [1.82, 2.24) is 0 Å². The third-order valence-corrected chi connectivity index (χ3v) is 4.04. The summed E-state index contributed by atoms with van der Waals surface area (Å²) in [5.74, 6) is 0. The Morgan fingerprint density at radius 3 is 2.70 bits per heavy atom. The maximum Gasteiger partial charge on any atom is 0.0830 e. The highest BCUT2D eigenvalue weighted by molar-refractivity contribution is 5.52. The lowest BCUT2D eigenvalue weighted by Gasteiger charge is -2.28. The molecule has 110 valence electrons. The Kier molecular flexibility index (Phi) is 5.35. The average Bonchev–Trinajstić information content (AvgIpc) is 2.47. The molecule has 1 aliphatic rings. The molecule has 1 aliphatic carbocycles. The summed E-state index contributed by atoms with van der Waals surface area (Å²) < 4.78 is 0. The molecule has 1 fully saturated rings. The molecule has 0 bridgehead atoms. The monoisotopic (exact) mass is 275 g/mol. The fraction of sp³-hybridized carbons (Fsp3) is 0.529. The second-order valence-electron chi connectivity index (χ2n) is 5.76. The molecule has 20 heavy (non-hydrogen) atoms. The van der Waals surface area contributed by atoms with Crippen molar-refractivity contribution < 1.29 is 10.2 Å². The van der Waals surface area contributed by atoms with Gasteiger partial charge in [0.1, 0.15) is 0 Å². The molecule has 1 saturated carbocycles. The van der Waals surface area contributed by atoms with Crippen LogP contribution >= 0.6 is 0 Å². The molecule has 3 heteroatoms. The predicted molar refractivity (Wildman–Crippen MR) is 82.1 cm³/mol. The van der Waals surface area contributed by atoms with Gasteiger partial charge in [0, 0.05) is 0 Å². The number of aliphatic hydroxyl groups is 2. The van der Waals surface area contributed by atoms with Gasteiger partial charge in [0.05, 0.1) is 11.7 Å². The highest BCUT2D eigenvalue weighted by Crippen LogP contribution is 2.30. The molecule has 0 heterocycles. The lowest BCUT2D eigenvalue weighted by Crippen LogP contribution is -2.28. The first-order valence-corrected chi connectivity index (χ1v) is 7.53. The SMILES string of the molecule is NCCC(O)c1cccc(C=CC2(O)CCCCC2)c1. The normalized spacial score (nSPS) is 20.1. The molecule has 2 rings (SSSR count). The van der Waals surface area contributed by atoms with Gasteiger partial charge in [-0.3, -0.25) is 0 Å². The minimum absolute atomic E-state index is 0.473. The largest absolute Gasteiger partial charge is 0.388 e. The van der Waals surface area contributed by atoms with Crippen LogP contribution in [0.2, 0.25) is 0 Å². The predicted octanol–water partition coefficient (Wildman–Crippen LogP) is 2.78. The average molecular weight is 275 g/mol. The fourth-order valence-electron chi connectivity index (χ4n) is 2.78. The topological polar surface area (TPSA) is 66.5 Å². The molecule has 1 atom stereocenters. The van der Waals surface area contributed by atoms with E-state index in [1.54, 1.807) is 0 Å². The van der Waals surface area contributed by atoms with Gasteiger partial charge in [0.15, 0.2) is 0 Å². The van der Waals surface area contributed by atoms with Gasteiger partial charge in [0.25, 0.3) is 0 Å². The minimum atomic E-state index is -0.649. The summed E-state index contributed by atoms with van der Waals surface area (Å²) in [6.45, 7) is 0.473. The summed E-state index contributed by atoms with van der Waals surface area (Å²) in [5, 5.41) is 20.4. The van der Waals surface area contributed by atoms with Crippen molar-refractivity contribution in [2.45, 2.75) is 50.2 Å². The van der Waals surface area contributed by atoms with E-state index in [0.717, 1.165) is 36.8 Å². The molecule has 0 radical (unpaired) electrons. The molecule has 4 N–H and O–H groups in total. The molecule has 0 saturated heterocycles. The van der Waals surface area contributed by atoms with Crippen LogP contribution in [-0.4, -0.2) is 22.4 Å². The van der Waals surface area contributed by atoms with Crippen molar-refractivity contribution in [1.29, 1.82) is 0 Å². The summed E-state index contributed by atoms with van der Waals surface area (Å²) in [6, 6.07) is 7.79. The summed E-state index contributed by atoms with van der Waals surface area (Å²) in [6.07, 6.45) is 9.04. The molecular formula is C17H25NO2. The molecule has 0 aliphatic heterocycles. The van der Waals surface area contributed by atoms with Crippen LogP contribution in [0, 0.1) is 0 Å². The highest BCUT2D eigenvalue weighted by Gasteiger charge is 2.25. The Bertz CT molecular complexity index is 450. The molecule has 0 aromatic heterocycles. The highest BCUT2D eigenvalue weighted by atomic mass is 16.3. The third-order valence-electron chi connectivity index (χ3n) is 4.04. The summed E-state index contributed by atoms with van der Waals surface area (Å²) in [7, 11) is 0. The standard InChI is InChI=1S/C17H25NO2/c18-12-8-16(19)15-6-4-5-14(13-15)7-11-17(20)9-2-1-3-10-17/h4-7,11,13,16,19-20H,1-3,8-10,12,18H2. The van der Waals surface area contributed by atoms with Gasteiger partial charge in [-0.2, -0.15) is 0 Å². The number of hydrogen-bond acceptors (Lipinski definition) is 3. The fourth-order valence-corrected chi connectivity index (χ4v) is 2.78. The maximum atomic E-state index is 10.4. The number of rotatable bonds is 5. The second kappa shape index (κ2) is 7.02. The first-order valence-electron chi connectivity index (χ1n) is 7.53. The van der Waals surface area contributed by atoms with E-state index in [-0.39, 0.29) is 0 Å². The Balaban J connectivity index is 2.07. The summed E-state index contributed by atoms with van der Waals surface area (Å²) >= 11 is 0. The maximum absolute atomic E-state index is 10.4. The van der Waals surface area contributed by atoms with Gasteiger partial charge in [-0.25, -0.2) is 0 Å². The van der Waals surface area contributed by atoms with Crippen LogP contribution in [-0.2, 0) is 0 Å². The van der Waals surface area contributed by atoms with E-state index in [2.05, 4.69) is 0 Å². The smallest absolute Gasteiger partial charge is 0.0830 e. The number of nitrogens with two attached hydrogens (primary N) is 1. The first-order chi connectivity index (χ1) is 9.63. The number of benzene rings is 1. The van der Waals surface area contributed by atoms with Crippen LogP contribution in [0.15, 0.2) is 30.3 Å². The zero-order valence-electron chi connectivity index (χ0n) is 12.0. The van der Waals surface area contributed by atoms with Crippen LogP contribution < -0.4 is 5.73 Å². The van der Waals surface area contributed by atoms with Crippen molar-refractivity contribution in [3.63, 3.8) is 0 Å². The van der Waals surface area contributed by atoms with Gasteiger partial charge in [0.2, 0.25) is 0 Å². The minimum Gasteiger partial charge on any atom is -0.388 e. The van der Waals surface area contributed by atoms with Crippen LogP contribution in [0.4, 0.5) is 0 Å². The molecule has 0 amide bonds. The van der Waals surface area contributed by atoms with E-state index >= 15 is 0 Å². The second-order valence-corrected chi connectivity index (χ2v) is 5.76. The van der Waals surface area contributed by atoms with Crippen molar-refractivity contribution in [3.8, 4) is 0 Å². The van der Waals surface area contributed by atoms with E-state index in [1.807, 2.05) is 36.4 Å². The van der Waals surface area contributed by atoms with Crippen molar-refractivity contribution in [2.24, 2.45) is 5.73 Å². The van der Waals surface area contributed by atoms with E-state index in [1.165, 1.54) is 6.42 Å². The Labute approximate surface area is 121 Å². The summed E-state index contributed by atoms with van der Waals surface area (Å²) in [4.78, 5) is 0. The van der Waals surface area contributed by atoms with E-state index in [4.69, 9.17) is 5.73 Å². The van der Waals surface area contributed by atoms with E-state index < -0.39 is 11.7 Å². The van der Waals surface area contributed by atoms with Crippen LogP contribution in [0.3, 0.4) is 0 Å². The first kappa shape index (κ1) is 15.2. The number of aliphatic hydroxyl groups excluding tert-OH is 1. The Hall–Kier alpha value is -1.16. The quantitative estimate of drug-likeness (QED) is 0.774. The molecule has 1 aromatic carbocycles. The zero-order chi connectivity index (χ0) is 14.4. The van der Waals surface area contributed by atoms with Crippen molar-refractivity contribution in [2.75, 3.05) is 6.54 Å². The molecule has 1 aromatic rings. The van der Waals surface area contributed by atoms with Crippen molar-refractivity contribution >= 4 is 6.08 Å². The lowest BCUT2D eigenvalue weighted by molar-refractivity contribution is 0.0521. The molecule has 3 nitrogen and oxygen atoms in total. The van der Waals surface area contributed by atoms with Gasteiger partial charge in [-0.05, 0) is 43.0 Å². The van der Waals surface area contributed by atoms with Gasteiger partial charge in [-0.1, -0.05) is 49.6 Å². The lowest BCUT2D eigenvalue weighted by atomic mass is 9.84. The molecular weight excluding hydrogens is 250 g/mol. The van der Waals surface area contributed by atoms with Crippen LogP contribution in [0.25, 0.3) is 6.08 Å². The summed E-state index contributed by atoms with van der Waals surface area (Å²) in [5.41, 5.74) is 6.72. The van der Waals surface area contributed by atoms with E-state index in [9.17, 15) is 10.2 Å². The van der Waals surface area contributed by atoms with Crippen LogP contribution in [0.1, 0.15) is 55.8 Å². The van der Waals surface area contributed by atoms with Crippen molar-refractivity contribution in [3.05, 3.63) is 41.5 Å². The molecule has 1 unspecified atom stereocenters. The third kappa shape index (κ3) is 4.17. The van der Waals surface area contributed by atoms with E-state index in [0.29, 0.717) is 13.0 Å². The molecule has 0 spiro atoms. The Morgan fingerprint density at radius 2 is 2.00 bits per heavy atom. The van der Waals surface area contributed by atoms with Gasteiger partial charge < -0.3 is 15.9 Å². The zero-order valence-corrected chi connectivity index (χ0v) is 12.0. The Morgan fingerprint density at radius 1 is 1.25 bits per heavy atom. The van der Waals surface area contributed by atoms with Crippen LogP contribution in [0.5, 0.6) is 0 Å². The number of hydrogen-bond donors (Lipinski definition) is 3. The van der Waals surface area contributed by atoms with Gasteiger partial charge in [-0.15, -0.1) is 0 Å².